The van der Waals surface area contributed by atoms with Gasteiger partial charge in [0.15, 0.2) is 5.16 Å². The van der Waals surface area contributed by atoms with Gasteiger partial charge in [0.25, 0.3) is 0 Å². The lowest BCUT2D eigenvalue weighted by Gasteiger charge is -2.13. The van der Waals surface area contributed by atoms with Crippen LogP contribution in [-0.2, 0) is 11.3 Å². The summed E-state index contributed by atoms with van der Waals surface area (Å²) < 4.78 is 2.03. The molecule has 0 spiro atoms. The first-order chi connectivity index (χ1) is 12.1. The molecule has 0 bridgehead atoms. The molecule has 128 valence electrons. The normalized spacial score (nSPS) is 14.6. The molecule has 0 radical (unpaired) electrons. The third kappa shape index (κ3) is 3.91. The Labute approximate surface area is 150 Å². The Balaban J connectivity index is 1.71. The van der Waals surface area contributed by atoms with Gasteiger partial charge in [-0.05, 0) is 31.9 Å². The maximum absolute atomic E-state index is 12.5. The van der Waals surface area contributed by atoms with Gasteiger partial charge in [-0.15, -0.1) is 16.8 Å². The molecular weight excluding hydrogens is 334 g/mol. The van der Waals surface area contributed by atoms with Gasteiger partial charge >= 0.3 is 0 Å². The van der Waals surface area contributed by atoms with Crippen molar-refractivity contribution in [1.82, 2.24) is 14.8 Å². The van der Waals surface area contributed by atoms with E-state index in [0.29, 0.717) is 23.7 Å². The number of allylic oxidation sites excluding steroid dienone is 1. The van der Waals surface area contributed by atoms with Crippen LogP contribution in [0.1, 0.15) is 37.1 Å². The first-order valence-electron chi connectivity index (χ1n) is 8.14. The van der Waals surface area contributed by atoms with Gasteiger partial charge in [-0.2, -0.15) is 5.26 Å². The van der Waals surface area contributed by atoms with Gasteiger partial charge in [-0.1, -0.05) is 30.0 Å². The second kappa shape index (κ2) is 7.53. The fraction of sp³-hybridized carbons (Fsp3) is 0.333. The highest BCUT2D eigenvalue weighted by Gasteiger charge is 2.31. The van der Waals surface area contributed by atoms with E-state index in [0.717, 1.165) is 23.8 Å². The van der Waals surface area contributed by atoms with Gasteiger partial charge in [0.05, 0.1) is 16.5 Å². The van der Waals surface area contributed by atoms with Crippen LogP contribution in [0, 0.1) is 11.3 Å². The van der Waals surface area contributed by atoms with E-state index in [2.05, 4.69) is 28.2 Å². The number of nitriles is 1. The molecule has 1 aromatic heterocycles. The lowest BCUT2D eigenvalue weighted by atomic mass is 10.2. The summed E-state index contributed by atoms with van der Waals surface area (Å²) in [5.74, 6) is 1.28. The van der Waals surface area contributed by atoms with Crippen LogP contribution in [0.15, 0.2) is 42.1 Å². The summed E-state index contributed by atoms with van der Waals surface area (Å²) >= 11 is 1.36. The molecule has 2 aromatic rings. The van der Waals surface area contributed by atoms with Gasteiger partial charge < -0.3 is 9.88 Å². The first-order valence-corrected chi connectivity index (χ1v) is 9.02. The fourth-order valence-corrected chi connectivity index (χ4v) is 3.33. The highest BCUT2D eigenvalue weighted by atomic mass is 32.2. The number of hydrogen-bond donors (Lipinski definition) is 1. The number of nitrogens with one attached hydrogen (secondary N) is 1. The number of thioether (sulfide) groups is 1. The number of nitrogens with zero attached hydrogens (tertiary/aromatic N) is 4. The number of rotatable bonds is 7. The number of para-hydroxylation sites is 1. The van der Waals surface area contributed by atoms with Gasteiger partial charge in [0.2, 0.25) is 5.91 Å². The molecular formula is C18H19N5OS. The topological polar surface area (TPSA) is 83.6 Å². The van der Waals surface area contributed by atoms with E-state index in [1.807, 2.05) is 17.6 Å². The van der Waals surface area contributed by atoms with E-state index in [-0.39, 0.29) is 11.2 Å². The number of amides is 1. The highest BCUT2D eigenvalue weighted by molar-refractivity contribution is 8.00. The molecule has 3 rings (SSSR count). The SMILES string of the molecule is C=CCn1c(SC(C)C(=O)Nc2ccccc2C#N)nnc1C1CC1. The standard InChI is InChI=1S/C18H19N5OS/c1-3-10-23-16(13-8-9-13)21-22-18(23)25-12(2)17(24)20-15-7-5-4-6-14(15)11-19/h3-7,12-13H,1,8-10H2,2H3,(H,20,24). The molecule has 1 aliphatic rings. The van der Waals surface area contributed by atoms with E-state index < -0.39 is 0 Å². The van der Waals surface area contributed by atoms with E-state index in [1.54, 1.807) is 24.3 Å². The number of benzene rings is 1. The Kier molecular flexibility index (Phi) is 5.19. The largest absolute Gasteiger partial charge is 0.324 e. The molecule has 1 amide bonds. The third-order valence-corrected chi connectivity index (χ3v) is 5.04. The van der Waals surface area contributed by atoms with Crippen LogP contribution < -0.4 is 5.32 Å². The average molecular weight is 353 g/mol. The lowest BCUT2D eigenvalue weighted by Crippen LogP contribution is -2.23. The summed E-state index contributed by atoms with van der Waals surface area (Å²) in [6.45, 7) is 6.24. The van der Waals surface area contributed by atoms with E-state index in [1.165, 1.54) is 11.8 Å². The maximum atomic E-state index is 12.5. The summed E-state index contributed by atoms with van der Waals surface area (Å²) in [4.78, 5) is 12.5. The van der Waals surface area contributed by atoms with Gasteiger partial charge in [-0.3, -0.25) is 4.79 Å². The van der Waals surface area contributed by atoms with Crippen LogP contribution >= 0.6 is 11.8 Å². The van der Waals surface area contributed by atoms with E-state index >= 15 is 0 Å². The quantitative estimate of drug-likeness (QED) is 0.610. The molecule has 0 saturated heterocycles. The minimum absolute atomic E-state index is 0.172. The van der Waals surface area contributed by atoms with Crippen molar-refractivity contribution in [2.75, 3.05) is 5.32 Å². The van der Waals surface area contributed by atoms with Crippen LogP contribution in [-0.4, -0.2) is 25.9 Å². The summed E-state index contributed by atoms with van der Waals surface area (Å²) in [5.41, 5.74) is 0.965. The zero-order valence-corrected chi connectivity index (χ0v) is 14.8. The zero-order chi connectivity index (χ0) is 17.8. The number of carbonyl (C=O) groups excluding carboxylic acids is 1. The number of aromatic nitrogens is 3. The molecule has 1 heterocycles. The van der Waals surface area contributed by atoms with Crippen LogP contribution in [0.25, 0.3) is 0 Å². The molecule has 0 aliphatic heterocycles. The molecule has 6 nitrogen and oxygen atoms in total. The van der Waals surface area contributed by atoms with Crippen LogP contribution in [0.3, 0.4) is 0 Å². The molecule has 1 saturated carbocycles. The zero-order valence-electron chi connectivity index (χ0n) is 14.0. The predicted molar refractivity (Wildman–Crippen MR) is 97.3 cm³/mol. The Morgan fingerprint density at radius 2 is 2.28 bits per heavy atom. The molecule has 1 atom stereocenters. The van der Waals surface area contributed by atoms with Crippen molar-refractivity contribution in [3.63, 3.8) is 0 Å². The molecule has 1 N–H and O–H groups in total. The monoisotopic (exact) mass is 353 g/mol. The van der Waals surface area contributed by atoms with Gasteiger partial charge in [-0.25, -0.2) is 0 Å². The smallest absolute Gasteiger partial charge is 0.237 e. The maximum Gasteiger partial charge on any atom is 0.237 e. The van der Waals surface area contributed by atoms with Gasteiger partial charge in [0, 0.05) is 12.5 Å². The second-order valence-electron chi connectivity index (χ2n) is 5.92. The highest BCUT2D eigenvalue weighted by Crippen LogP contribution is 2.40. The van der Waals surface area contributed by atoms with Crippen molar-refractivity contribution in [3.05, 3.63) is 48.3 Å². The molecule has 1 aromatic carbocycles. The summed E-state index contributed by atoms with van der Waals surface area (Å²) in [5, 5.41) is 20.8. The first kappa shape index (κ1) is 17.2. The van der Waals surface area contributed by atoms with Crippen LogP contribution in [0.2, 0.25) is 0 Å². The summed E-state index contributed by atoms with van der Waals surface area (Å²) in [6, 6.07) is 9.03. The number of hydrogen-bond acceptors (Lipinski definition) is 5. The van der Waals surface area contributed by atoms with E-state index in [9.17, 15) is 4.79 Å². The lowest BCUT2D eigenvalue weighted by molar-refractivity contribution is -0.115. The van der Waals surface area contributed by atoms with Crippen LogP contribution in [0.4, 0.5) is 5.69 Å². The Bertz CT molecular complexity index is 834. The molecule has 7 heteroatoms. The van der Waals surface area contributed by atoms with Gasteiger partial charge in [0.1, 0.15) is 11.9 Å². The minimum Gasteiger partial charge on any atom is -0.324 e. The summed E-state index contributed by atoms with van der Waals surface area (Å²) in [7, 11) is 0. The van der Waals surface area contributed by atoms with Crippen molar-refractivity contribution in [3.8, 4) is 6.07 Å². The van der Waals surface area contributed by atoms with Crippen molar-refractivity contribution < 1.29 is 4.79 Å². The average Bonchev–Trinajstić information content (AvgIpc) is 3.39. The Morgan fingerprint density at radius 1 is 1.52 bits per heavy atom. The van der Waals surface area contributed by atoms with Crippen LogP contribution in [0.5, 0.6) is 0 Å². The second-order valence-corrected chi connectivity index (χ2v) is 7.23. The fourth-order valence-electron chi connectivity index (χ4n) is 2.47. The number of anilines is 1. The Morgan fingerprint density at radius 3 is 2.96 bits per heavy atom. The van der Waals surface area contributed by atoms with Crippen molar-refractivity contribution >= 4 is 23.4 Å². The predicted octanol–water partition coefficient (Wildman–Crippen LogP) is 3.33. The number of carbonyl (C=O) groups is 1. The molecule has 1 aliphatic carbocycles. The third-order valence-electron chi connectivity index (χ3n) is 3.96. The Hall–Kier alpha value is -2.59. The summed E-state index contributed by atoms with van der Waals surface area (Å²) in [6.07, 6.45) is 4.09. The van der Waals surface area contributed by atoms with Crippen molar-refractivity contribution in [1.29, 1.82) is 5.26 Å². The van der Waals surface area contributed by atoms with Crippen molar-refractivity contribution in [2.45, 2.75) is 42.6 Å². The molecule has 1 unspecified atom stereocenters. The van der Waals surface area contributed by atoms with E-state index in [4.69, 9.17) is 5.26 Å². The minimum atomic E-state index is -0.369. The van der Waals surface area contributed by atoms with Crippen molar-refractivity contribution in [2.24, 2.45) is 0 Å². The molecule has 25 heavy (non-hydrogen) atoms. The molecule has 1 fully saturated rings.